The Kier molecular flexibility index (Phi) is 2.69. The second-order valence-electron chi connectivity index (χ2n) is 2.36. The summed E-state index contributed by atoms with van der Waals surface area (Å²) in [4.78, 5) is 0. The van der Waals surface area contributed by atoms with Gasteiger partial charge in [-0.2, -0.15) is 13.2 Å². The van der Waals surface area contributed by atoms with Gasteiger partial charge in [0.2, 0.25) is 0 Å². The summed E-state index contributed by atoms with van der Waals surface area (Å²) in [7, 11) is 0. The monoisotopic (exact) mass is 305 g/mol. The van der Waals surface area contributed by atoms with E-state index in [2.05, 4.69) is 0 Å². The molecule has 6 heteroatoms. The Balaban J connectivity index is 3.37. The molecule has 13 heavy (non-hydrogen) atoms. The molecule has 0 aliphatic heterocycles. The average molecular weight is 305 g/mol. The first-order valence-corrected chi connectivity index (χ1v) is 4.22. The normalized spacial score (nSPS) is 11.8. The number of anilines is 1. The van der Waals surface area contributed by atoms with Crippen molar-refractivity contribution in [3.8, 4) is 0 Å². The third-order valence-corrected chi connectivity index (χ3v) is 2.14. The zero-order chi connectivity index (χ0) is 10.2. The van der Waals surface area contributed by atoms with E-state index < -0.39 is 17.6 Å². The van der Waals surface area contributed by atoms with Crippen LogP contribution in [0.3, 0.4) is 0 Å². The summed E-state index contributed by atoms with van der Waals surface area (Å²) < 4.78 is 49.1. The van der Waals surface area contributed by atoms with Gasteiger partial charge in [0.15, 0.2) is 0 Å². The highest BCUT2D eigenvalue weighted by Crippen LogP contribution is 2.34. The molecule has 2 N–H and O–H groups in total. The van der Waals surface area contributed by atoms with Gasteiger partial charge in [-0.05, 0) is 34.7 Å². The largest absolute Gasteiger partial charge is 0.419 e. The first kappa shape index (κ1) is 10.6. The van der Waals surface area contributed by atoms with Gasteiger partial charge in [-0.25, -0.2) is 4.39 Å². The maximum Gasteiger partial charge on any atom is 0.419 e. The van der Waals surface area contributed by atoms with Crippen molar-refractivity contribution in [1.82, 2.24) is 0 Å². The molecule has 1 rings (SSSR count). The van der Waals surface area contributed by atoms with Gasteiger partial charge in [0, 0.05) is 5.69 Å². The van der Waals surface area contributed by atoms with E-state index in [-0.39, 0.29) is 9.26 Å². The van der Waals surface area contributed by atoms with Gasteiger partial charge in [-0.1, -0.05) is 0 Å². The second-order valence-corrected chi connectivity index (χ2v) is 3.52. The molecule has 1 aromatic carbocycles. The Hall–Kier alpha value is -0.530. The molecule has 1 aromatic rings. The maximum atomic E-state index is 12.9. The predicted octanol–water partition coefficient (Wildman–Crippen LogP) is 3.03. The molecule has 1 nitrogen and oxygen atoms in total. The molecule has 0 aliphatic rings. The van der Waals surface area contributed by atoms with Crippen molar-refractivity contribution in [1.29, 1.82) is 0 Å². The van der Waals surface area contributed by atoms with Crippen molar-refractivity contribution in [2.45, 2.75) is 6.18 Å². The van der Waals surface area contributed by atoms with Crippen molar-refractivity contribution >= 4 is 28.3 Å². The molecule has 0 unspecified atom stereocenters. The topological polar surface area (TPSA) is 26.0 Å². The minimum atomic E-state index is -4.70. The van der Waals surface area contributed by atoms with E-state index in [1.807, 2.05) is 0 Å². The summed E-state index contributed by atoms with van der Waals surface area (Å²) in [6.07, 6.45) is -4.70. The van der Waals surface area contributed by atoms with Gasteiger partial charge >= 0.3 is 6.18 Å². The van der Waals surface area contributed by atoms with Crippen LogP contribution in [0, 0.1) is 9.39 Å². The van der Waals surface area contributed by atoms with E-state index in [1.165, 1.54) is 22.6 Å². The lowest BCUT2D eigenvalue weighted by atomic mass is 10.2. The molecule has 0 aromatic heterocycles. The summed E-state index contributed by atoms with van der Waals surface area (Å²) in [6, 6.07) is 1.72. The fraction of sp³-hybridized carbons (Fsp3) is 0.143. The summed E-state index contributed by atoms with van der Waals surface area (Å²) in [6.45, 7) is 0. The Labute approximate surface area is 85.1 Å². The standard InChI is InChI=1S/C7H4F4IN/c8-6-4(7(9,10)11)1-3(13)2-5(6)12/h1-2H,13H2. The molecule has 0 aliphatic carbocycles. The zero-order valence-corrected chi connectivity index (χ0v) is 8.28. The third kappa shape index (κ3) is 2.23. The van der Waals surface area contributed by atoms with Gasteiger partial charge in [0.25, 0.3) is 0 Å². The first-order chi connectivity index (χ1) is 5.82. The summed E-state index contributed by atoms with van der Waals surface area (Å²) in [5, 5.41) is 0. The highest BCUT2D eigenvalue weighted by atomic mass is 127. The van der Waals surface area contributed by atoms with E-state index in [1.54, 1.807) is 0 Å². The Morgan fingerprint density at radius 1 is 1.23 bits per heavy atom. The SMILES string of the molecule is Nc1cc(I)c(F)c(C(F)(F)F)c1. The molecule has 0 saturated carbocycles. The fourth-order valence-electron chi connectivity index (χ4n) is 0.816. The second kappa shape index (κ2) is 3.32. The van der Waals surface area contributed by atoms with Crippen LogP contribution in [0.1, 0.15) is 5.56 Å². The molecule has 0 atom stereocenters. The van der Waals surface area contributed by atoms with Crippen molar-refractivity contribution in [3.05, 3.63) is 27.1 Å². The summed E-state index contributed by atoms with van der Waals surface area (Å²) >= 11 is 1.46. The van der Waals surface area contributed by atoms with Crippen LogP contribution in [0.15, 0.2) is 12.1 Å². The highest BCUT2D eigenvalue weighted by molar-refractivity contribution is 14.1. The van der Waals surface area contributed by atoms with Crippen LogP contribution in [-0.2, 0) is 6.18 Å². The lowest BCUT2D eigenvalue weighted by Crippen LogP contribution is -2.10. The number of hydrogen-bond acceptors (Lipinski definition) is 1. The molecule has 0 radical (unpaired) electrons. The number of alkyl halides is 3. The number of hydrogen-bond donors (Lipinski definition) is 1. The van der Waals surface area contributed by atoms with Gasteiger partial charge in [-0.3, -0.25) is 0 Å². The number of benzene rings is 1. The minimum Gasteiger partial charge on any atom is -0.399 e. The molecule has 0 bridgehead atoms. The fourth-order valence-corrected chi connectivity index (χ4v) is 1.47. The van der Waals surface area contributed by atoms with Crippen LogP contribution in [-0.4, -0.2) is 0 Å². The van der Waals surface area contributed by atoms with E-state index in [4.69, 9.17) is 5.73 Å². The Bertz CT molecular complexity index is 334. The van der Waals surface area contributed by atoms with Crippen LogP contribution >= 0.6 is 22.6 Å². The van der Waals surface area contributed by atoms with Crippen LogP contribution in [0.5, 0.6) is 0 Å². The van der Waals surface area contributed by atoms with E-state index in [0.29, 0.717) is 6.07 Å². The number of rotatable bonds is 0. The number of halogens is 5. The molecular formula is C7H4F4IN. The van der Waals surface area contributed by atoms with Crippen molar-refractivity contribution in [2.24, 2.45) is 0 Å². The van der Waals surface area contributed by atoms with Gasteiger partial charge in [0.05, 0.1) is 9.13 Å². The van der Waals surface area contributed by atoms with Gasteiger partial charge in [-0.15, -0.1) is 0 Å². The van der Waals surface area contributed by atoms with Crippen molar-refractivity contribution in [2.75, 3.05) is 5.73 Å². The average Bonchev–Trinajstić information content (AvgIpc) is 1.94. The molecule has 0 fully saturated rings. The lowest BCUT2D eigenvalue weighted by molar-refractivity contribution is -0.140. The molecule has 0 amide bonds. The molecule has 0 saturated heterocycles. The van der Waals surface area contributed by atoms with Crippen LogP contribution < -0.4 is 5.73 Å². The Morgan fingerprint density at radius 3 is 2.23 bits per heavy atom. The van der Waals surface area contributed by atoms with Gasteiger partial charge in [0.1, 0.15) is 5.82 Å². The van der Waals surface area contributed by atoms with E-state index >= 15 is 0 Å². The van der Waals surface area contributed by atoms with Crippen molar-refractivity contribution in [3.63, 3.8) is 0 Å². The maximum absolute atomic E-state index is 12.9. The van der Waals surface area contributed by atoms with E-state index in [9.17, 15) is 17.6 Å². The summed E-state index contributed by atoms with van der Waals surface area (Å²) in [5.41, 5.74) is 3.73. The zero-order valence-electron chi connectivity index (χ0n) is 6.12. The highest BCUT2D eigenvalue weighted by Gasteiger charge is 2.35. The van der Waals surface area contributed by atoms with Gasteiger partial charge < -0.3 is 5.73 Å². The van der Waals surface area contributed by atoms with E-state index in [0.717, 1.165) is 6.07 Å². The molecule has 0 heterocycles. The predicted molar refractivity (Wildman–Crippen MR) is 48.5 cm³/mol. The molecular weight excluding hydrogens is 301 g/mol. The number of nitrogen functional groups attached to an aromatic ring is 1. The van der Waals surface area contributed by atoms with Crippen LogP contribution in [0.25, 0.3) is 0 Å². The van der Waals surface area contributed by atoms with Crippen LogP contribution in [0.4, 0.5) is 23.2 Å². The van der Waals surface area contributed by atoms with Crippen LogP contribution in [0.2, 0.25) is 0 Å². The molecule has 72 valence electrons. The quantitative estimate of drug-likeness (QED) is 0.445. The Morgan fingerprint density at radius 2 is 1.77 bits per heavy atom. The smallest absolute Gasteiger partial charge is 0.399 e. The lowest BCUT2D eigenvalue weighted by Gasteiger charge is -2.09. The third-order valence-electron chi connectivity index (χ3n) is 1.36. The summed E-state index contributed by atoms with van der Waals surface area (Å²) in [5.74, 6) is -1.28. The van der Waals surface area contributed by atoms with Crippen molar-refractivity contribution < 1.29 is 17.6 Å². The first-order valence-electron chi connectivity index (χ1n) is 3.14. The molecule has 0 spiro atoms. The number of nitrogens with two attached hydrogens (primary N) is 1. The minimum absolute atomic E-state index is 0.0990.